The fraction of sp³-hybridized carbons (Fsp3) is 0.766. The summed E-state index contributed by atoms with van der Waals surface area (Å²) < 4.78 is 34.9. The van der Waals surface area contributed by atoms with Crippen molar-refractivity contribution in [3.8, 4) is 0 Å². The van der Waals surface area contributed by atoms with E-state index in [1.807, 2.05) is 21.1 Å². The molecule has 0 saturated carbocycles. The van der Waals surface area contributed by atoms with Gasteiger partial charge in [-0.2, -0.15) is 0 Å². The predicted octanol–water partition coefficient (Wildman–Crippen LogP) is 13.3. The molecule has 0 fully saturated rings. The molecular formula is C47H87NO7P+. The summed E-state index contributed by atoms with van der Waals surface area (Å²) in [4.78, 5) is 22.9. The molecule has 8 nitrogen and oxygen atoms in total. The number of hydrogen-bond donors (Lipinski definition) is 1. The highest BCUT2D eigenvalue weighted by Crippen LogP contribution is 2.43. The molecule has 0 heterocycles. The van der Waals surface area contributed by atoms with Crippen molar-refractivity contribution in [1.29, 1.82) is 0 Å². The lowest BCUT2D eigenvalue weighted by atomic mass is 10.0. The highest BCUT2D eigenvalue weighted by molar-refractivity contribution is 7.47. The molecule has 0 aromatic rings. The van der Waals surface area contributed by atoms with Gasteiger partial charge in [-0.3, -0.25) is 13.8 Å². The van der Waals surface area contributed by atoms with Crippen LogP contribution in [0.4, 0.5) is 0 Å². The summed E-state index contributed by atoms with van der Waals surface area (Å²) in [5.74, 6) is -0.338. The SMILES string of the molecule is CC/C=C\C/C=C\C/C=C\C/C=C\C/C=C\CCOCC(COP(=O)(O)OCC[N+](C)(C)C)OC(=O)CCCCCCCCCCCCCCCCCCCC. The molecule has 0 aliphatic rings. The second-order valence-electron chi connectivity index (χ2n) is 16.1. The van der Waals surface area contributed by atoms with E-state index in [1.54, 1.807) is 0 Å². The fourth-order valence-corrected chi connectivity index (χ4v) is 6.65. The van der Waals surface area contributed by atoms with E-state index in [9.17, 15) is 14.3 Å². The molecule has 1 N–H and O–H groups in total. The van der Waals surface area contributed by atoms with Gasteiger partial charge in [-0.05, 0) is 44.9 Å². The summed E-state index contributed by atoms with van der Waals surface area (Å²) in [5.41, 5.74) is 0. The molecule has 0 amide bonds. The summed E-state index contributed by atoms with van der Waals surface area (Å²) in [6.07, 6.45) is 50.0. The number of hydrogen-bond acceptors (Lipinski definition) is 6. The van der Waals surface area contributed by atoms with Crippen LogP contribution in [0, 0.1) is 0 Å². The summed E-state index contributed by atoms with van der Waals surface area (Å²) >= 11 is 0. The van der Waals surface area contributed by atoms with Crippen LogP contribution < -0.4 is 0 Å². The Balaban J connectivity index is 4.31. The summed E-state index contributed by atoms with van der Waals surface area (Å²) in [6, 6.07) is 0. The van der Waals surface area contributed by atoms with Crippen LogP contribution in [0.25, 0.3) is 0 Å². The monoisotopic (exact) mass is 809 g/mol. The first-order chi connectivity index (χ1) is 27.1. The third-order valence-electron chi connectivity index (χ3n) is 9.36. The molecular weight excluding hydrogens is 721 g/mol. The molecule has 2 unspecified atom stereocenters. The quantitative estimate of drug-likeness (QED) is 0.0216. The molecule has 0 radical (unpaired) electrons. The van der Waals surface area contributed by atoms with Crippen LogP contribution in [0.1, 0.15) is 174 Å². The standard InChI is InChI=1S/C47H86NO7P/c1-6-8-10-12-14-16-18-20-22-24-25-26-28-30-32-34-36-38-40-47(49)55-46(45-54-56(50,51)53-43-41-48(3,4)5)44-52-42-39-37-35-33-31-29-27-23-21-19-17-15-13-11-9-7-2/h9,11,15,17,21,23,29,31,35,37,46H,6-8,10,12-14,16,18-20,22,24-28,30,32-34,36,38-45H2,1-5H3/p+1/b11-9-,17-15-,23-21-,31-29-,37-35-. The topological polar surface area (TPSA) is 91.3 Å². The number of esters is 1. The molecule has 326 valence electrons. The minimum absolute atomic E-state index is 0.0742. The van der Waals surface area contributed by atoms with Gasteiger partial charge in [-0.1, -0.05) is 184 Å². The Labute approximate surface area is 345 Å². The number of likely N-dealkylation sites (N-methyl/N-ethyl adjacent to an activating group) is 1. The molecule has 2 atom stereocenters. The summed E-state index contributed by atoms with van der Waals surface area (Å²) in [7, 11) is 1.62. The number of phosphoric ester groups is 1. The van der Waals surface area contributed by atoms with Crippen LogP contribution in [0.5, 0.6) is 0 Å². The van der Waals surface area contributed by atoms with Crippen molar-refractivity contribution in [2.24, 2.45) is 0 Å². The van der Waals surface area contributed by atoms with E-state index in [0.29, 0.717) is 30.5 Å². The molecule has 56 heavy (non-hydrogen) atoms. The highest BCUT2D eigenvalue weighted by atomic mass is 31.2. The lowest BCUT2D eigenvalue weighted by Gasteiger charge is -2.24. The lowest BCUT2D eigenvalue weighted by molar-refractivity contribution is -0.870. The van der Waals surface area contributed by atoms with Crippen molar-refractivity contribution < 1.29 is 37.3 Å². The number of carbonyl (C=O) groups is 1. The first-order valence-corrected chi connectivity index (χ1v) is 24.0. The minimum atomic E-state index is -4.29. The third-order valence-corrected chi connectivity index (χ3v) is 10.3. The van der Waals surface area contributed by atoms with E-state index in [0.717, 1.165) is 51.4 Å². The van der Waals surface area contributed by atoms with Crippen LogP contribution in [0.15, 0.2) is 60.8 Å². The second-order valence-corrected chi connectivity index (χ2v) is 17.5. The average Bonchev–Trinajstić information content (AvgIpc) is 3.15. The lowest BCUT2D eigenvalue weighted by Crippen LogP contribution is -2.37. The van der Waals surface area contributed by atoms with E-state index in [-0.39, 0.29) is 25.8 Å². The van der Waals surface area contributed by atoms with E-state index in [2.05, 4.69) is 74.6 Å². The van der Waals surface area contributed by atoms with Crippen molar-refractivity contribution in [3.05, 3.63) is 60.8 Å². The molecule has 0 bridgehead atoms. The zero-order chi connectivity index (χ0) is 41.3. The Hall–Kier alpha value is -1.80. The smallest absolute Gasteiger partial charge is 0.457 e. The Morgan fingerprint density at radius 1 is 0.571 bits per heavy atom. The Kier molecular flexibility index (Phi) is 38.7. The van der Waals surface area contributed by atoms with Gasteiger partial charge in [-0.25, -0.2) is 4.57 Å². The summed E-state index contributed by atoms with van der Waals surface area (Å²) in [5, 5.41) is 0. The van der Waals surface area contributed by atoms with Gasteiger partial charge in [0.15, 0.2) is 0 Å². The van der Waals surface area contributed by atoms with E-state index >= 15 is 0 Å². The third kappa shape index (κ3) is 43.3. The number of unbranched alkanes of at least 4 members (excludes halogenated alkanes) is 17. The first kappa shape index (κ1) is 54.2. The van der Waals surface area contributed by atoms with Crippen molar-refractivity contribution >= 4 is 13.8 Å². The second kappa shape index (κ2) is 40.0. The van der Waals surface area contributed by atoms with Gasteiger partial charge in [0.1, 0.15) is 19.3 Å². The van der Waals surface area contributed by atoms with E-state index < -0.39 is 13.9 Å². The van der Waals surface area contributed by atoms with Gasteiger partial charge in [0, 0.05) is 6.42 Å². The van der Waals surface area contributed by atoms with Crippen LogP contribution in [0.2, 0.25) is 0 Å². The number of carbonyl (C=O) groups excluding carboxylic acids is 1. The van der Waals surface area contributed by atoms with Gasteiger partial charge in [0.2, 0.25) is 0 Å². The molecule has 0 aliphatic carbocycles. The number of phosphoric acid groups is 1. The predicted molar refractivity (Wildman–Crippen MR) is 238 cm³/mol. The largest absolute Gasteiger partial charge is 0.472 e. The van der Waals surface area contributed by atoms with Crippen molar-refractivity contribution in [3.63, 3.8) is 0 Å². The zero-order valence-electron chi connectivity index (χ0n) is 36.9. The van der Waals surface area contributed by atoms with Gasteiger partial charge in [0.05, 0.1) is 41.0 Å². The average molecular weight is 809 g/mol. The number of nitrogens with zero attached hydrogens (tertiary/aromatic N) is 1. The number of quaternary nitrogens is 1. The minimum Gasteiger partial charge on any atom is -0.457 e. The number of allylic oxidation sites excluding steroid dienone is 9. The van der Waals surface area contributed by atoms with E-state index in [1.165, 1.54) is 96.3 Å². The normalized spacial score (nSPS) is 14.3. The van der Waals surface area contributed by atoms with Crippen molar-refractivity contribution in [2.45, 2.75) is 180 Å². The van der Waals surface area contributed by atoms with Gasteiger partial charge in [-0.15, -0.1) is 0 Å². The molecule has 9 heteroatoms. The zero-order valence-corrected chi connectivity index (χ0v) is 37.7. The number of ether oxygens (including phenoxy) is 2. The molecule has 0 aromatic heterocycles. The Bertz CT molecular complexity index is 1080. The maximum atomic E-state index is 12.7. The molecule has 0 saturated heterocycles. The molecule has 0 spiro atoms. The molecule has 0 aromatic carbocycles. The molecule has 0 rings (SSSR count). The van der Waals surface area contributed by atoms with Crippen molar-refractivity contribution in [2.75, 3.05) is 54.1 Å². The summed E-state index contributed by atoms with van der Waals surface area (Å²) in [6.45, 7) is 5.29. The maximum Gasteiger partial charge on any atom is 0.472 e. The van der Waals surface area contributed by atoms with Gasteiger partial charge >= 0.3 is 13.8 Å². The maximum absolute atomic E-state index is 12.7. The van der Waals surface area contributed by atoms with Crippen LogP contribution >= 0.6 is 7.82 Å². The van der Waals surface area contributed by atoms with Crippen LogP contribution in [-0.4, -0.2) is 75.6 Å². The fourth-order valence-electron chi connectivity index (χ4n) is 5.91. The number of rotatable bonds is 41. The Morgan fingerprint density at radius 3 is 1.45 bits per heavy atom. The van der Waals surface area contributed by atoms with Gasteiger partial charge < -0.3 is 18.9 Å². The van der Waals surface area contributed by atoms with Crippen LogP contribution in [-0.2, 0) is 27.9 Å². The first-order valence-electron chi connectivity index (χ1n) is 22.5. The van der Waals surface area contributed by atoms with Crippen molar-refractivity contribution in [1.82, 2.24) is 0 Å². The Morgan fingerprint density at radius 2 is 1.00 bits per heavy atom. The van der Waals surface area contributed by atoms with E-state index in [4.69, 9.17) is 18.5 Å². The van der Waals surface area contributed by atoms with Gasteiger partial charge in [0.25, 0.3) is 0 Å². The van der Waals surface area contributed by atoms with Crippen LogP contribution in [0.3, 0.4) is 0 Å². The highest BCUT2D eigenvalue weighted by Gasteiger charge is 2.26. The molecule has 0 aliphatic heterocycles.